The van der Waals surface area contributed by atoms with Gasteiger partial charge in [0.15, 0.2) is 12.6 Å². The standard InChI is InChI=1S/C12H20O6/c1-5-15-12(13)8(2)9(3)17-18-11-7-6-10(14-4)16-11/h9-11H,2,5-7H2,1,3-4H3. The average molecular weight is 260 g/mol. The van der Waals surface area contributed by atoms with E-state index in [4.69, 9.17) is 24.0 Å². The molecule has 1 rings (SSSR count). The Kier molecular flexibility index (Phi) is 6.28. The van der Waals surface area contributed by atoms with Crippen LogP contribution in [0.15, 0.2) is 12.2 Å². The minimum Gasteiger partial charge on any atom is -0.463 e. The molecular formula is C12H20O6. The Morgan fingerprint density at radius 1 is 1.44 bits per heavy atom. The highest BCUT2D eigenvalue weighted by Crippen LogP contribution is 2.22. The van der Waals surface area contributed by atoms with Crippen LogP contribution in [0, 0.1) is 0 Å². The van der Waals surface area contributed by atoms with E-state index in [0.29, 0.717) is 13.0 Å². The van der Waals surface area contributed by atoms with Crippen molar-refractivity contribution in [1.29, 1.82) is 0 Å². The van der Waals surface area contributed by atoms with E-state index in [9.17, 15) is 4.79 Å². The summed E-state index contributed by atoms with van der Waals surface area (Å²) in [5, 5.41) is 0. The van der Waals surface area contributed by atoms with Gasteiger partial charge in [-0.05, 0) is 13.8 Å². The highest BCUT2D eigenvalue weighted by molar-refractivity contribution is 5.88. The number of carbonyl (C=O) groups excluding carboxylic acids is 1. The van der Waals surface area contributed by atoms with Crippen LogP contribution in [0.3, 0.4) is 0 Å². The maximum Gasteiger partial charge on any atom is 0.336 e. The van der Waals surface area contributed by atoms with Gasteiger partial charge in [0.05, 0.1) is 12.2 Å². The Bertz CT molecular complexity index is 290. The lowest BCUT2D eigenvalue weighted by Gasteiger charge is -2.17. The van der Waals surface area contributed by atoms with Crippen LogP contribution < -0.4 is 0 Å². The molecule has 0 aliphatic carbocycles. The van der Waals surface area contributed by atoms with Crippen molar-refractivity contribution in [3.8, 4) is 0 Å². The van der Waals surface area contributed by atoms with Gasteiger partial charge in [-0.1, -0.05) is 6.58 Å². The number of rotatable bonds is 7. The number of ether oxygens (including phenoxy) is 3. The maximum absolute atomic E-state index is 11.4. The first-order valence-corrected chi connectivity index (χ1v) is 5.94. The third-order valence-electron chi connectivity index (χ3n) is 2.54. The molecule has 1 fully saturated rings. The first-order chi connectivity index (χ1) is 8.58. The number of esters is 1. The van der Waals surface area contributed by atoms with Crippen molar-refractivity contribution in [1.82, 2.24) is 0 Å². The fourth-order valence-corrected chi connectivity index (χ4v) is 1.41. The molecule has 1 heterocycles. The molecule has 0 aromatic heterocycles. The lowest BCUT2D eigenvalue weighted by atomic mass is 10.2. The number of hydrogen-bond acceptors (Lipinski definition) is 6. The van der Waals surface area contributed by atoms with Crippen molar-refractivity contribution in [3.05, 3.63) is 12.2 Å². The largest absolute Gasteiger partial charge is 0.463 e. The zero-order valence-corrected chi connectivity index (χ0v) is 11.0. The zero-order valence-electron chi connectivity index (χ0n) is 11.0. The SMILES string of the molecule is C=C(C(=O)OCC)C(C)OOC1CCC(OC)O1. The topological polar surface area (TPSA) is 63.2 Å². The summed E-state index contributed by atoms with van der Waals surface area (Å²) >= 11 is 0. The molecular weight excluding hydrogens is 240 g/mol. The van der Waals surface area contributed by atoms with E-state index in [0.717, 1.165) is 6.42 Å². The van der Waals surface area contributed by atoms with Gasteiger partial charge in [0.2, 0.25) is 0 Å². The van der Waals surface area contributed by atoms with Crippen LogP contribution in [0.5, 0.6) is 0 Å². The molecule has 104 valence electrons. The van der Waals surface area contributed by atoms with Gasteiger partial charge >= 0.3 is 5.97 Å². The molecule has 1 saturated heterocycles. The van der Waals surface area contributed by atoms with E-state index in [2.05, 4.69) is 6.58 Å². The van der Waals surface area contributed by atoms with Crippen LogP contribution in [-0.4, -0.2) is 38.4 Å². The van der Waals surface area contributed by atoms with E-state index in [-0.39, 0.29) is 11.9 Å². The van der Waals surface area contributed by atoms with E-state index in [1.54, 1.807) is 21.0 Å². The van der Waals surface area contributed by atoms with Gasteiger partial charge in [0.25, 0.3) is 0 Å². The molecule has 6 heteroatoms. The van der Waals surface area contributed by atoms with Crippen molar-refractivity contribution in [2.45, 2.75) is 45.4 Å². The van der Waals surface area contributed by atoms with Crippen molar-refractivity contribution in [3.63, 3.8) is 0 Å². The number of carbonyl (C=O) groups is 1. The van der Waals surface area contributed by atoms with Crippen LogP contribution in [0.4, 0.5) is 0 Å². The van der Waals surface area contributed by atoms with Crippen LogP contribution in [0.25, 0.3) is 0 Å². The highest BCUT2D eigenvalue weighted by Gasteiger charge is 2.28. The summed E-state index contributed by atoms with van der Waals surface area (Å²) in [6.45, 7) is 7.28. The molecule has 1 aliphatic heterocycles. The van der Waals surface area contributed by atoms with Gasteiger partial charge in [-0.2, -0.15) is 0 Å². The molecule has 3 atom stereocenters. The van der Waals surface area contributed by atoms with Crippen LogP contribution in [0.1, 0.15) is 26.7 Å². The predicted octanol–water partition coefficient (Wildman–Crippen LogP) is 1.55. The summed E-state index contributed by atoms with van der Waals surface area (Å²) < 4.78 is 15.2. The molecule has 0 aromatic rings. The van der Waals surface area contributed by atoms with Crippen molar-refractivity contribution < 1.29 is 28.8 Å². The molecule has 1 aliphatic rings. The number of hydrogen-bond donors (Lipinski definition) is 0. The molecule has 0 saturated carbocycles. The van der Waals surface area contributed by atoms with Crippen LogP contribution in [-0.2, 0) is 28.8 Å². The second kappa shape index (κ2) is 7.48. The maximum atomic E-state index is 11.4. The average Bonchev–Trinajstić information content (AvgIpc) is 2.83. The summed E-state index contributed by atoms with van der Waals surface area (Å²) in [7, 11) is 1.57. The highest BCUT2D eigenvalue weighted by atomic mass is 17.2. The summed E-state index contributed by atoms with van der Waals surface area (Å²) in [4.78, 5) is 21.5. The molecule has 0 bridgehead atoms. The molecule has 18 heavy (non-hydrogen) atoms. The van der Waals surface area contributed by atoms with Gasteiger partial charge in [0.1, 0.15) is 6.10 Å². The van der Waals surface area contributed by atoms with Gasteiger partial charge in [-0.25, -0.2) is 14.6 Å². The Morgan fingerprint density at radius 3 is 2.67 bits per heavy atom. The molecule has 0 aromatic carbocycles. The normalized spacial score (nSPS) is 24.8. The van der Waals surface area contributed by atoms with E-state index >= 15 is 0 Å². The molecule has 3 unspecified atom stereocenters. The molecule has 0 N–H and O–H groups in total. The Labute approximate surface area is 107 Å². The van der Waals surface area contributed by atoms with Crippen molar-refractivity contribution in [2.75, 3.05) is 13.7 Å². The Balaban J connectivity index is 2.26. The second-order valence-electron chi connectivity index (χ2n) is 3.89. The van der Waals surface area contributed by atoms with Crippen LogP contribution in [0.2, 0.25) is 0 Å². The summed E-state index contributed by atoms with van der Waals surface area (Å²) in [5.41, 5.74) is 0.207. The monoisotopic (exact) mass is 260 g/mol. The smallest absolute Gasteiger partial charge is 0.336 e. The first kappa shape index (κ1) is 15.1. The van der Waals surface area contributed by atoms with Gasteiger partial charge in [-0.15, -0.1) is 0 Å². The molecule has 0 spiro atoms. The van der Waals surface area contributed by atoms with E-state index in [1.165, 1.54) is 0 Å². The second-order valence-corrected chi connectivity index (χ2v) is 3.89. The Morgan fingerprint density at radius 2 is 2.11 bits per heavy atom. The predicted molar refractivity (Wildman–Crippen MR) is 62.3 cm³/mol. The fraction of sp³-hybridized carbons (Fsp3) is 0.750. The lowest BCUT2D eigenvalue weighted by Crippen LogP contribution is -2.23. The van der Waals surface area contributed by atoms with Gasteiger partial charge < -0.3 is 14.2 Å². The van der Waals surface area contributed by atoms with Crippen molar-refractivity contribution in [2.24, 2.45) is 0 Å². The summed E-state index contributed by atoms with van der Waals surface area (Å²) in [5.74, 6) is -0.490. The molecule has 0 radical (unpaired) electrons. The van der Waals surface area contributed by atoms with Crippen LogP contribution >= 0.6 is 0 Å². The van der Waals surface area contributed by atoms with Gasteiger partial charge in [-0.3, -0.25) is 0 Å². The molecule has 0 amide bonds. The zero-order chi connectivity index (χ0) is 13.5. The minimum absolute atomic E-state index is 0.207. The van der Waals surface area contributed by atoms with Gasteiger partial charge in [0, 0.05) is 20.0 Å². The fourth-order valence-electron chi connectivity index (χ4n) is 1.41. The summed E-state index contributed by atoms with van der Waals surface area (Å²) in [6.07, 6.45) is 0.0956. The van der Waals surface area contributed by atoms with E-state index < -0.39 is 18.4 Å². The third kappa shape index (κ3) is 4.38. The first-order valence-electron chi connectivity index (χ1n) is 5.94. The Hall–Kier alpha value is -0.950. The summed E-state index contributed by atoms with van der Waals surface area (Å²) in [6, 6.07) is 0. The van der Waals surface area contributed by atoms with E-state index in [1.807, 2.05) is 0 Å². The minimum atomic E-state index is -0.589. The van der Waals surface area contributed by atoms with Crippen molar-refractivity contribution >= 4 is 5.97 Å². The number of methoxy groups -OCH3 is 1. The quantitative estimate of drug-likeness (QED) is 0.299. The lowest BCUT2D eigenvalue weighted by molar-refractivity contribution is -0.393. The third-order valence-corrected chi connectivity index (χ3v) is 2.54. The molecule has 6 nitrogen and oxygen atoms in total.